The fourth-order valence-electron chi connectivity index (χ4n) is 4.43. The minimum absolute atomic E-state index is 0.159. The third kappa shape index (κ3) is 4.62. The van der Waals surface area contributed by atoms with Crippen LogP contribution in [-0.4, -0.2) is 34.1 Å². The summed E-state index contributed by atoms with van der Waals surface area (Å²) in [6.07, 6.45) is 4.88. The number of fused-ring (bicyclic) bond motifs is 1. The van der Waals surface area contributed by atoms with E-state index in [4.69, 9.17) is 28.6 Å². The van der Waals surface area contributed by atoms with Gasteiger partial charge in [0, 0.05) is 41.3 Å². The molecule has 5 nitrogen and oxygen atoms in total. The molecular formula is C29H26ClN3O2S. The molecule has 1 saturated heterocycles. The topological polar surface area (TPSA) is 37.7 Å². The molecule has 0 atom stereocenters. The predicted molar refractivity (Wildman–Crippen MR) is 151 cm³/mol. The standard InChI is InChI=1S/C29H26ClN3O2S/c1-20-8-3-6-11-27(20)35-17-7-16-32-19-21(24-9-4-5-10-25(24)32)18-26-28(34)33(29(36)31(26)2)23-14-12-22(30)13-15-23/h3-6,8-15,18-19H,7,16-17H2,1-2H3/b26-18-. The molecule has 1 fully saturated rings. The number of rotatable bonds is 7. The lowest BCUT2D eigenvalue weighted by molar-refractivity contribution is -0.114. The van der Waals surface area contributed by atoms with Gasteiger partial charge in [0.05, 0.1) is 12.3 Å². The van der Waals surface area contributed by atoms with Crippen molar-refractivity contribution >= 4 is 57.5 Å². The second-order valence-corrected chi connectivity index (χ2v) is 9.55. The van der Waals surface area contributed by atoms with Gasteiger partial charge in [0.2, 0.25) is 0 Å². The Bertz CT molecular complexity index is 1480. The molecule has 0 radical (unpaired) electrons. The van der Waals surface area contributed by atoms with Crippen molar-refractivity contribution in [2.45, 2.75) is 19.9 Å². The highest BCUT2D eigenvalue weighted by atomic mass is 35.5. The molecule has 1 aliphatic rings. The number of carbonyl (C=O) groups is 1. The van der Waals surface area contributed by atoms with E-state index in [2.05, 4.69) is 35.9 Å². The highest BCUT2D eigenvalue weighted by Gasteiger charge is 2.37. The van der Waals surface area contributed by atoms with Crippen LogP contribution in [0.3, 0.4) is 0 Å². The van der Waals surface area contributed by atoms with Gasteiger partial charge in [0.1, 0.15) is 11.4 Å². The number of ether oxygens (including phenoxy) is 1. The Morgan fingerprint density at radius 1 is 1.00 bits per heavy atom. The van der Waals surface area contributed by atoms with Gasteiger partial charge in [-0.1, -0.05) is 48.0 Å². The van der Waals surface area contributed by atoms with E-state index < -0.39 is 0 Å². The van der Waals surface area contributed by atoms with Crippen LogP contribution in [-0.2, 0) is 11.3 Å². The van der Waals surface area contributed by atoms with Gasteiger partial charge in [-0.15, -0.1) is 0 Å². The second kappa shape index (κ2) is 10.2. The number of aryl methyl sites for hydroxylation is 2. The Balaban J connectivity index is 1.39. The lowest BCUT2D eigenvalue weighted by Gasteiger charge is -2.16. The minimum Gasteiger partial charge on any atom is -0.493 e. The maximum absolute atomic E-state index is 13.4. The highest BCUT2D eigenvalue weighted by molar-refractivity contribution is 7.80. The third-order valence-electron chi connectivity index (χ3n) is 6.35. The van der Waals surface area contributed by atoms with Gasteiger partial charge in [-0.05, 0) is 73.6 Å². The largest absolute Gasteiger partial charge is 0.493 e. The van der Waals surface area contributed by atoms with Gasteiger partial charge in [0.15, 0.2) is 5.11 Å². The molecule has 0 saturated carbocycles. The monoisotopic (exact) mass is 515 g/mol. The third-order valence-corrected chi connectivity index (χ3v) is 7.06. The van der Waals surface area contributed by atoms with Gasteiger partial charge in [-0.2, -0.15) is 0 Å². The minimum atomic E-state index is -0.159. The molecule has 5 rings (SSSR count). The van der Waals surface area contributed by atoms with Crippen molar-refractivity contribution < 1.29 is 9.53 Å². The van der Waals surface area contributed by atoms with E-state index in [1.54, 1.807) is 34.1 Å². The Hall–Kier alpha value is -3.61. The van der Waals surface area contributed by atoms with Crippen molar-refractivity contribution in [3.63, 3.8) is 0 Å². The number of para-hydroxylation sites is 2. The zero-order valence-corrected chi connectivity index (χ0v) is 21.7. The van der Waals surface area contributed by atoms with Crippen molar-refractivity contribution in [1.82, 2.24) is 9.47 Å². The highest BCUT2D eigenvalue weighted by Crippen LogP contribution is 2.31. The number of nitrogens with zero attached hydrogens (tertiary/aromatic N) is 3. The van der Waals surface area contributed by atoms with E-state index in [0.29, 0.717) is 28.1 Å². The second-order valence-electron chi connectivity index (χ2n) is 8.75. The van der Waals surface area contributed by atoms with E-state index in [-0.39, 0.29) is 5.91 Å². The molecule has 4 aromatic rings. The summed E-state index contributed by atoms with van der Waals surface area (Å²) in [6, 6.07) is 23.4. The summed E-state index contributed by atoms with van der Waals surface area (Å²) in [7, 11) is 1.82. The molecule has 36 heavy (non-hydrogen) atoms. The molecule has 1 amide bonds. The molecular weight excluding hydrogens is 490 g/mol. The van der Waals surface area contributed by atoms with Crippen LogP contribution in [0.15, 0.2) is 84.7 Å². The summed E-state index contributed by atoms with van der Waals surface area (Å²) in [5.74, 6) is 0.762. The first-order valence-corrected chi connectivity index (χ1v) is 12.6. The summed E-state index contributed by atoms with van der Waals surface area (Å²) < 4.78 is 8.20. The lowest BCUT2D eigenvalue weighted by atomic mass is 10.1. The molecule has 0 unspecified atom stereocenters. The quantitative estimate of drug-likeness (QED) is 0.156. The lowest BCUT2D eigenvalue weighted by Crippen LogP contribution is -2.31. The maximum atomic E-state index is 13.4. The van der Waals surface area contributed by atoms with Crippen molar-refractivity contribution in [2.24, 2.45) is 0 Å². The molecule has 182 valence electrons. The van der Waals surface area contributed by atoms with Crippen molar-refractivity contribution in [2.75, 3.05) is 18.6 Å². The van der Waals surface area contributed by atoms with Gasteiger partial charge in [0.25, 0.3) is 5.91 Å². The summed E-state index contributed by atoms with van der Waals surface area (Å²) in [5.41, 5.74) is 4.45. The van der Waals surface area contributed by atoms with Crippen LogP contribution in [0.1, 0.15) is 17.5 Å². The van der Waals surface area contributed by atoms with Crippen molar-refractivity contribution in [1.29, 1.82) is 0 Å². The number of anilines is 1. The van der Waals surface area contributed by atoms with E-state index in [1.165, 1.54) is 0 Å². The van der Waals surface area contributed by atoms with E-state index >= 15 is 0 Å². The first-order chi connectivity index (χ1) is 17.4. The first kappa shape index (κ1) is 24.1. The van der Waals surface area contributed by atoms with Crippen LogP contribution in [0, 0.1) is 6.92 Å². The van der Waals surface area contributed by atoms with Crippen LogP contribution in [0.4, 0.5) is 5.69 Å². The molecule has 1 aliphatic heterocycles. The Labute approximate surface area is 221 Å². The average Bonchev–Trinajstić information content (AvgIpc) is 3.33. The van der Waals surface area contributed by atoms with Crippen LogP contribution < -0.4 is 9.64 Å². The Kier molecular flexibility index (Phi) is 6.81. The summed E-state index contributed by atoms with van der Waals surface area (Å²) >= 11 is 11.6. The zero-order valence-electron chi connectivity index (χ0n) is 20.1. The predicted octanol–water partition coefficient (Wildman–Crippen LogP) is 6.68. The van der Waals surface area contributed by atoms with E-state index in [0.717, 1.165) is 40.7 Å². The van der Waals surface area contributed by atoms with Gasteiger partial charge >= 0.3 is 0 Å². The van der Waals surface area contributed by atoms with Gasteiger partial charge in [-0.3, -0.25) is 9.69 Å². The maximum Gasteiger partial charge on any atom is 0.281 e. The molecule has 0 aliphatic carbocycles. The SMILES string of the molecule is Cc1ccccc1OCCCn1cc(/C=C2/C(=O)N(c3ccc(Cl)cc3)C(=S)N2C)c2ccccc21. The molecule has 0 bridgehead atoms. The molecule has 3 aromatic carbocycles. The van der Waals surface area contributed by atoms with Gasteiger partial charge < -0.3 is 14.2 Å². The normalized spacial score (nSPS) is 14.9. The van der Waals surface area contributed by atoms with Crippen LogP contribution in [0.25, 0.3) is 17.0 Å². The molecule has 0 N–H and O–H groups in total. The van der Waals surface area contributed by atoms with Crippen molar-refractivity contribution in [3.05, 3.63) is 101 Å². The van der Waals surface area contributed by atoms with Crippen molar-refractivity contribution in [3.8, 4) is 5.75 Å². The van der Waals surface area contributed by atoms with Gasteiger partial charge in [-0.25, -0.2) is 0 Å². The summed E-state index contributed by atoms with van der Waals surface area (Å²) in [4.78, 5) is 16.7. The summed E-state index contributed by atoms with van der Waals surface area (Å²) in [5, 5.41) is 2.13. The smallest absolute Gasteiger partial charge is 0.281 e. The summed E-state index contributed by atoms with van der Waals surface area (Å²) in [6.45, 7) is 3.48. The number of benzene rings is 3. The average molecular weight is 516 g/mol. The molecule has 1 aromatic heterocycles. The first-order valence-electron chi connectivity index (χ1n) is 11.8. The number of hydrogen-bond donors (Lipinski definition) is 0. The Morgan fingerprint density at radius 3 is 2.50 bits per heavy atom. The fraction of sp³-hybridized carbons (Fsp3) is 0.172. The van der Waals surface area contributed by atoms with Crippen LogP contribution in [0.5, 0.6) is 5.75 Å². The van der Waals surface area contributed by atoms with Crippen LogP contribution in [0.2, 0.25) is 5.02 Å². The zero-order chi connectivity index (χ0) is 25.2. The fourth-order valence-corrected chi connectivity index (χ4v) is 4.84. The molecule has 0 spiro atoms. The Morgan fingerprint density at radius 2 is 1.72 bits per heavy atom. The van der Waals surface area contributed by atoms with E-state index in [1.807, 2.05) is 43.5 Å². The number of aromatic nitrogens is 1. The number of thiocarbonyl (C=S) groups is 1. The van der Waals surface area contributed by atoms with Crippen LogP contribution >= 0.6 is 23.8 Å². The number of likely N-dealkylation sites (N-methyl/N-ethyl adjacent to an activating group) is 1. The van der Waals surface area contributed by atoms with E-state index in [9.17, 15) is 4.79 Å². The molecule has 7 heteroatoms. The molecule has 2 heterocycles. The number of amides is 1. The number of halogens is 1. The number of hydrogen-bond acceptors (Lipinski definition) is 3. The number of carbonyl (C=O) groups excluding carboxylic acids is 1.